The van der Waals surface area contributed by atoms with Crippen molar-refractivity contribution >= 4 is 29.5 Å². The van der Waals surface area contributed by atoms with Crippen LogP contribution in [0.15, 0.2) is 70.5 Å². The SMILES string of the molecule is COC(=O)Cc1cc(=O)[nH]c(N=C(NC(=O)c2ccccc2)Nc2ccc(C)cc2)n1. The molecule has 3 aromatic rings. The van der Waals surface area contributed by atoms with E-state index in [-0.39, 0.29) is 24.0 Å². The minimum Gasteiger partial charge on any atom is -0.469 e. The van der Waals surface area contributed by atoms with Gasteiger partial charge in [0.05, 0.1) is 19.2 Å². The molecule has 3 rings (SSSR count). The van der Waals surface area contributed by atoms with Gasteiger partial charge in [0.1, 0.15) is 0 Å². The van der Waals surface area contributed by atoms with Gasteiger partial charge in [0.15, 0.2) is 0 Å². The molecular formula is C22H21N5O4. The summed E-state index contributed by atoms with van der Waals surface area (Å²) in [6.45, 7) is 1.96. The van der Waals surface area contributed by atoms with Gasteiger partial charge in [-0.15, -0.1) is 0 Å². The topological polar surface area (TPSA) is 126 Å². The van der Waals surface area contributed by atoms with Crippen molar-refractivity contribution in [1.82, 2.24) is 15.3 Å². The van der Waals surface area contributed by atoms with E-state index in [1.807, 2.05) is 31.2 Å². The number of nitrogens with zero attached hydrogens (tertiary/aromatic N) is 2. The van der Waals surface area contributed by atoms with Gasteiger partial charge >= 0.3 is 5.97 Å². The number of H-pyrrole nitrogens is 1. The molecule has 158 valence electrons. The van der Waals surface area contributed by atoms with Crippen LogP contribution in [0.1, 0.15) is 21.6 Å². The fraction of sp³-hybridized carbons (Fsp3) is 0.136. The maximum atomic E-state index is 12.6. The summed E-state index contributed by atoms with van der Waals surface area (Å²) in [4.78, 5) is 47.0. The number of hydrogen-bond acceptors (Lipinski definition) is 6. The van der Waals surface area contributed by atoms with Crippen LogP contribution in [0, 0.1) is 6.92 Å². The summed E-state index contributed by atoms with van der Waals surface area (Å²) < 4.78 is 4.61. The third-order valence-electron chi connectivity index (χ3n) is 4.14. The molecule has 1 aromatic heterocycles. The standard InChI is InChI=1S/C22H21N5O4/c1-14-8-10-16(11-9-14)23-22(26-20(30)15-6-4-3-5-7-15)27-21-24-17(12-18(28)25-21)13-19(29)31-2/h3-12H,13H2,1-2H3,(H3,23,24,25,26,27,28,30). The Morgan fingerprint density at radius 3 is 2.48 bits per heavy atom. The number of aliphatic imine (C=N–C) groups is 1. The number of nitrogens with one attached hydrogen (secondary N) is 3. The number of benzene rings is 2. The second-order valence-corrected chi connectivity index (χ2v) is 6.58. The van der Waals surface area contributed by atoms with Gasteiger partial charge in [0.25, 0.3) is 11.5 Å². The highest BCUT2D eigenvalue weighted by Crippen LogP contribution is 2.10. The lowest BCUT2D eigenvalue weighted by Crippen LogP contribution is -2.36. The quantitative estimate of drug-likeness (QED) is 0.331. The molecule has 0 atom stereocenters. The molecule has 1 amide bonds. The first-order chi connectivity index (χ1) is 14.9. The van der Waals surface area contributed by atoms with E-state index in [1.54, 1.807) is 30.3 Å². The molecule has 0 aliphatic carbocycles. The predicted octanol–water partition coefficient (Wildman–Crippen LogP) is 2.32. The highest BCUT2D eigenvalue weighted by Gasteiger charge is 2.12. The molecule has 0 saturated carbocycles. The Morgan fingerprint density at radius 1 is 1.10 bits per heavy atom. The van der Waals surface area contributed by atoms with E-state index < -0.39 is 17.4 Å². The van der Waals surface area contributed by atoms with Gasteiger partial charge in [-0.2, -0.15) is 4.99 Å². The number of ether oxygens (including phenoxy) is 1. The molecule has 3 N–H and O–H groups in total. The van der Waals surface area contributed by atoms with Crippen LogP contribution in [0.3, 0.4) is 0 Å². The van der Waals surface area contributed by atoms with Crippen molar-refractivity contribution < 1.29 is 14.3 Å². The van der Waals surface area contributed by atoms with E-state index >= 15 is 0 Å². The molecule has 1 heterocycles. The summed E-state index contributed by atoms with van der Waals surface area (Å²) in [5.74, 6) is -0.958. The number of amides is 1. The Kier molecular flexibility index (Phi) is 6.89. The number of esters is 1. The molecule has 31 heavy (non-hydrogen) atoms. The average molecular weight is 419 g/mol. The van der Waals surface area contributed by atoms with E-state index in [1.165, 1.54) is 13.2 Å². The molecular weight excluding hydrogens is 398 g/mol. The molecule has 0 aliphatic rings. The maximum Gasteiger partial charge on any atom is 0.311 e. The zero-order valence-electron chi connectivity index (χ0n) is 17.0. The van der Waals surface area contributed by atoms with E-state index in [0.717, 1.165) is 5.56 Å². The molecule has 0 unspecified atom stereocenters. The lowest BCUT2D eigenvalue weighted by atomic mass is 10.2. The van der Waals surface area contributed by atoms with E-state index in [2.05, 4.69) is 30.3 Å². The Bertz CT molecular complexity index is 1150. The van der Waals surface area contributed by atoms with Crippen molar-refractivity contribution in [2.75, 3.05) is 12.4 Å². The second-order valence-electron chi connectivity index (χ2n) is 6.58. The van der Waals surface area contributed by atoms with E-state index in [4.69, 9.17) is 0 Å². The second kappa shape index (κ2) is 9.97. The van der Waals surface area contributed by atoms with Crippen molar-refractivity contribution in [3.63, 3.8) is 0 Å². The molecule has 0 fully saturated rings. The monoisotopic (exact) mass is 419 g/mol. The third-order valence-corrected chi connectivity index (χ3v) is 4.14. The summed E-state index contributed by atoms with van der Waals surface area (Å²) in [7, 11) is 1.25. The number of aromatic amines is 1. The number of aryl methyl sites for hydroxylation is 1. The minimum atomic E-state index is -0.539. The first kappa shape index (κ1) is 21.4. The lowest BCUT2D eigenvalue weighted by molar-refractivity contribution is -0.139. The van der Waals surface area contributed by atoms with Crippen LogP contribution in [-0.4, -0.2) is 34.9 Å². The van der Waals surface area contributed by atoms with Crippen LogP contribution in [0.5, 0.6) is 0 Å². The average Bonchev–Trinajstić information content (AvgIpc) is 2.75. The van der Waals surface area contributed by atoms with E-state index in [0.29, 0.717) is 11.3 Å². The number of carbonyl (C=O) groups excluding carboxylic acids is 2. The highest BCUT2D eigenvalue weighted by atomic mass is 16.5. The molecule has 2 aromatic carbocycles. The molecule has 9 nitrogen and oxygen atoms in total. The van der Waals surface area contributed by atoms with Gasteiger partial charge in [-0.1, -0.05) is 35.9 Å². The molecule has 9 heteroatoms. The van der Waals surface area contributed by atoms with Gasteiger partial charge in [-0.05, 0) is 31.2 Å². The summed E-state index contributed by atoms with van der Waals surface area (Å²) in [6, 6.07) is 17.2. The largest absolute Gasteiger partial charge is 0.469 e. The summed E-state index contributed by atoms with van der Waals surface area (Å²) in [6.07, 6.45) is -0.181. The van der Waals surface area contributed by atoms with Gasteiger partial charge in [0.2, 0.25) is 11.9 Å². The van der Waals surface area contributed by atoms with Gasteiger partial charge in [-0.3, -0.25) is 24.7 Å². The normalized spacial score (nSPS) is 11.0. The van der Waals surface area contributed by atoms with Crippen molar-refractivity contribution in [3.05, 3.63) is 87.8 Å². The van der Waals surface area contributed by atoms with Crippen molar-refractivity contribution in [3.8, 4) is 0 Å². The number of anilines is 1. The van der Waals surface area contributed by atoms with Crippen molar-refractivity contribution in [1.29, 1.82) is 0 Å². The first-order valence-electron chi connectivity index (χ1n) is 9.39. The van der Waals surface area contributed by atoms with Crippen LogP contribution in [0.2, 0.25) is 0 Å². The fourth-order valence-electron chi connectivity index (χ4n) is 2.59. The molecule has 0 spiro atoms. The maximum absolute atomic E-state index is 12.6. The summed E-state index contributed by atoms with van der Waals surface area (Å²) in [5, 5.41) is 5.69. The zero-order valence-corrected chi connectivity index (χ0v) is 17.0. The van der Waals surface area contributed by atoms with Gasteiger partial charge in [0, 0.05) is 17.3 Å². The Hall–Kier alpha value is -4.27. The van der Waals surface area contributed by atoms with Crippen LogP contribution in [0.25, 0.3) is 0 Å². The molecule has 0 aliphatic heterocycles. The Labute approximate surface area is 178 Å². The number of guanidine groups is 1. The summed E-state index contributed by atoms with van der Waals surface area (Å²) >= 11 is 0. The predicted molar refractivity (Wildman–Crippen MR) is 116 cm³/mol. The highest BCUT2D eigenvalue weighted by molar-refractivity contribution is 6.10. The van der Waals surface area contributed by atoms with Crippen LogP contribution >= 0.6 is 0 Å². The number of hydrogen-bond donors (Lipinski definition) is 3. The lowest BCUT2D eigenvalue weighted by Gasteiger charge is -2.12. The minimum absolute atomic E-state index is 0.0519. The number of carbonyl (C=O) groups is 2. The van der Waals surface area contributed by atoms with Crippen LogP contribution in [-0.2, 0) is 16.0 Å². The smallest absolute Gasteiger partial charge is 0.311 e. The zero-order chi connectivity index (χ0) is 22.2. The van der Waals surface area contributed by atoms with Crippen LogP contribution < -0.4 is 16.2 Å². The van der Waals surface area contributed by atoms with Gasteiger partial charge in [-0.25, -0.2) is 4.98 Å². The number of rotatable bonds is 5. The van der Waals surface area contributed by atoms with Crippen molar-refractivity contribution in [2.45, 2.75) is 13.3 Å². The molecule has 0 radical (unpaired) electrons. The van der Waals surface area contributed by atoms with Gasteiger partial charge < -0.3 is 10.1 Å². The number of methoxy groups -OCH3 is 1. The summed E-state index contributed by atoms with van der Waals surface area (Å²) in [5.41, 5.74) is 1.88. The van der Waals surface area contributed by atoms with Crippen molar-refractivity contribution in [2.24, 2.45) is 4.99 Å². The molecule has 0 bridgehead atoms. The van der Waals surface area contributed by atoms with Crippen LogP contribution in [0.4, 0.5) is 11.6 Å². The third kappa shape index (κ3) is 6.36. The molecule has 0 saturated heterocycles. The van der Waals surface area contributed by atoms with E-state index in [9.17, 15) is 14.4 Å². The number of aromatic nitrogens is 2. The first-order valence-corrected chi connectivity index (χ1v) is 9.39. The Balaban J connectivity index is 1.93. The Morgan fingerprint density at radius 2 is 1.81 bits per heavy atom. The fourth-order valence-corrected chi connectivity index (χ4v) is 2.59.